The molecular weight excluding hydrogens is 148 g/mol. The van der Waals surface area contributed by atoms with Crippen molar-refractivity contribution in [2.75, 3.05) is 7.05 Å². The van der Waals surface area contributed by atoms with E-state index in [2.05, 4.69) is 5.32 Å². The molecule has 1 nitrogen and oxygen atoms in total. The SMILES string of the molecule is CCCC(C)C(NC)C(F)F. The standard InChI is InChI=1S/C8H17F2N/c1-4-5-6(2)7(11-3)8(9)10/h6-8,11H,4-5H2,1-3H3. The molecule has 0 aromatic rings. The summed E-state index contributed by atoms with van der Waals surface area (Å²) >= 11 is 0. The molecule has 0 aliphatic heterocycles. The van der Waals surface area contributed by atoms with Crippen LogP contribution in [0.15, 0.2) is 0 Å². The van der Waals surface area contributed by atoms with Gasteiger partial charge >= 0.3 is 0 Å². The highest BCUT2D eigenvalue weighted by molar-refractivity contribution is 4.73. The highest BCUT2D eigenvalue weighted by atomic mass is 19.3. The van der Waals surface area contributed by atoms with E-state index in [1.54, 1.807) is 7.05 Å². The quantitative estimate of drug-likeness (QED) is 0.659. The number of alkyl halides is 2. The van der Waals surface area contributed by atoms with Crippen LogP contribution in [0.25, 0.3) is 0 Å². The first kappa shape index (κ1) is 10.8. The third-order valence-electron chi connectivity index (χ3n) is 1.96. The van der Waals surface area contributed by atoms with Crippen molar-refractivity contribution in [2.24, 2.45) is 5.92 Å². The van der Waals surface area contributed by atoms with E-state index in [9.17, 15) is 8.78 Å². The average molecular weight is 165 g/mol. The van der Waals surface area contributed by atoms with Crippen molar-refractivity contribution in [1.29, 1.82) is 0 Å². The van der Waals surface area contributed by atoms with E-state index in [1.807, 2.05) is 13.8 Å². The highest BCUT2D eigenvalue weighted by Gasteiger charge is 2.23. The van der Waals surface area contributed by atoms with Gasteiger partial charge in [-0.2, -0.15) is 0 Å². The Morgan fingerprint density at radius 1 is 1.36 bits per heavy atom. The number of halogens is 2. The lowest BCUT2D eigenvalue weighted by Gasteiger charge is -2.21. The van der Waals surface area contributed by atoms with Crippen molar-refractivity contribution < 1.29 is 8.78 Å². The molecule has 0 saturated heterocycles. The van der Waals surface area contributed by atoms with Crippen molar-refractivity contribution in [3.05, 3.63) is 0 Å². The lowest BCUT2D eigenvalue weighted by Crippen LogP contribution is -2.38. The molecule has 11 heavy (non-hydrogen) atoms. The Balaban J connectivity index is 3.81. The molecule has 0 aromatic heterocycles. The second-order valence-corrected chi connectivity index (χ2v) is 2.91. The van der Waals surface area contributed by atoms with Crippen LogP contribution in [0.5, 0.6) is 0 Å². The molecule has 0 aromatic carbocycles. The summed E-state index contributed by atoms with van der Waals surface area (Å²) in [5, 5.41) is 2.64. The van der Waals surface area contributed by atoms with Crippen molar-refractivity contribution in [2.45, 2.75) is 39.2 Å². The van der Waals surface area contributed by atoms with E-state index in [4.69, 9.17) is 0 Å². The number of hydrogen-bond acceptors (Lipinski definition) is 1. The predicted octanol–water partition coefficient (Wildman–Crippen LogP) is 2.28. The minimum absolute atomic E-state index is 0.0602. The lowest BCUT2D eigenvalue weighted by atomic mass is 9.97. The van der Waals surface area contributed by atoms with Gasteiger partial charge in [-0.05, 0) is 19.4 Å². The molecule has 2 atom stereocenters. The Labute approximate surface area is 67.2 Å². The summed E-state index contributed by atoms with van der Waals surface area (Å²) in [7, 11) is 1.59. The molecule has 0 bridgehead atoms. The molecule has 0 amide bonds. The Kier molecular flexibility index (Phi) is 5.38. The fraction of sp³-hybridized carbons (Fsp3) is 1.00. The Morgan fingerprint density at radius 2 is 1.91 bits per heavy atom. The van der Waals surface area contributed by atoms with Gasteiger partial charge in [0.25, 0.3) is 6.43 Å². The van der Waals surface area contributed by atoms with Crippen LogP contribution < -0.4 is 5.32 Å². The first-order valence-corrected chi connectivity index (χ1v) is 4.08. The number of nitrogens with one attached hydrogen (secondary N) is 1. The van der Waals surface area contributed by atoms with Crippen molar-refractivity contribution >= 4 is 0 Å². The zero-order valence-corrected chi connectivity index (χ0v) is 7.40. The van der Waals surface area contributed by atoms with Gasteiger partial charge in [0.15, 0.2) is 0 Å². The van der Waals surface area contributed by atoms with Gasteiger partial charge in [0.1, 0.15) is 0 Å². The molecule has 0 spiro atoms. The van der Waals surface area contributed by atoms with Crippen molar-refractivity contribution in [1.82, 2.24) is 5.32 Å². The van der Waals surface area contributed by atoms with Crippen LogP contribution in [0.1, 0.15) is 26.7 Å². The van der Waals surface area contributed by atoms with Crippen LogP contribution in [0, 0.1) is 5.92 Å². The third-order valence-corrected chi connectivity index (χ3v) is 1.96. The monoisotopic (exact) mass is 165 g/mol. The summed E-state index contributed by atoms with van der Waals surface area (Å²) in [4.78, 5) is 0. The molecule has 0 saturated carbocycles. The van der Waals surface area contributed by atoms with E-state index >= 15 is 0 Å². The van der Waals surface area contributed by atoms with Gasteiger partial charge < -0.3 is 5.32 Å². The lowest BCUT2D eigenvalue weighted by molar-refractivity contribution is 0.0746. The average Bonchev–Trinajstić information content (AvgIpc) is 1.88. The molecule has 0 aliphatic rings. The summed E-state index contributed by atoms with van der Waals surface area (Å²) in [5.74, 6) is 0.0602. The predicted molar refractivity (Wildman–Crippen MR) is 42.9 cm³/mol. The zero-order valence-electron chi connectivity index (χ0n) is 7.40. The normalized spacial score (nSPS) is 16.9. The van der Waals surface area contributed by atoms with Crippen LogP contribution in [0.3, 0.4) is 0 Å². The summed E-state index contributed by atoms with van der Waals surface area (Å²) in [5.41, 5.74) is 0. The number of hydrogen-bond donors (Lipinski definition) is 1. The molecule has 0 aliphatic carbocycles. The fourth-order valence-corrected chi connectivity index (χ4v) is 1.29. The first-order chi connectivity index (χ1) is 5.13. The Hall–Kier alpha value is -0.180. The van der Waals surface area contributed by atoms with Crippen molar-refractivity contribution in [3.63, 3.8) is 0 Å². The van der Waals surface area contributed by atoms with E-state index in [1.165, 1.54) is 0 Å². The van der Waals surface area contributed by atoms with Crippen LogP contribution >= 0.6 is 0 Å². The molecule has 0 fully saturated rings. The maximum Gasteiger partial charge on any atom is 0.253 e. The zero-order chi connectivity index (χ0) is 8.85. The second kappa shape index (κ2) is 5.47. The van der Waals surface area contributed by atoms with Gasteiger partial charge in [0.2, 0.25) is 0 Å². The van der Waals surface area contributed by atoms with Gasteiger partial charge in [-0.3, -0.25) is 0 Å². The second-order valence-electron chi connectivity index (χ2n) is 2.91. The van der Waals surface area contributed by atoms with Gasteiger partial charge in [0, 0.05) is 0 Å². The van der Waals surface area contributed by atoms with Crippen LogP contribution in [-0.2, 0) is 0 Å². The molecule has 0 rings (SSSR count). The number of rotatable bonds is 5. The molecule has 68 valence electrons. The Morgan fingerprint density at radius 3 is 2.18 bits per heavy atom. The molecular formula is C8H17F2N. The summed E-state index contributed by atoms with van der Waals surface area (Å²) in [6.07, 6.45) is -0.427. The Bertz CT molecular complexity index is 96.1. The van der Waals surface area contributed by atoms with Crippen LogP contribution in [-0.4, -0.2) is 19.5 Å². The molecule has 0 radical (unpaired) electrons. The van der Waals surface area contributed by atoms with E-state index in [-0.39, 0.29) is 5.92 Å². The molecule has 1 N–H and O–H groups in total. The van der Waals surface area contributed by atoms with Gasteiger partial charge in [-0.15, -0.1) is 0 Å². The molecule has 3 heteroatoms. The molecule has 2 unspecified atom stereocenters. The van der Waals surface area contributed by atoms with Gasteiger partial charge in [0.05, 0.1) is 6.04 Å². The van der Waals surface area contributed by atoms with Crippen LogP contribution in [0.2, 0.25) is 0 Å². The maximum absolute atomic E-state index is 12.2. The molecule has 0 heterocycles. The smallest absolute Gasteiger partial charge is 0.253 e. The van der Waals surface area contributed by atoms with Gasteiger partial charge in [-0.1, -0.05) is 20.3 Å². The highest BCUT2D eigenvalue weighted by Crippen LogP contribution is 2.15. The van der Waals surface area contributed by atoms with E-state index in [0.29, 0.717) is 0 Å². The summed E-state index contributed by atoms with van der Waals surface area (Å²) in [6.45, 7) is 3.87. The van der Waals surface area contributed by atoms with Crippen LogP contribution in [0.4, 0.5) is 8.78 Å². The van der Waals surface area contributed by atoms with Crippen molar-refractivity contribution in [3.8, 4) is 0 Å². The van der Waals surface area contributed by atoms with E-state index < -0.39 is 12.5 Å². The minimum Gasteiger partial charge on any atom is -0.312 e. The summed E-state index contributed by atoms with van der Waals surface area (Å²) in [6, 6.07) is -0.644. The van der Waals surface area contributed by atoms with Gasteiger partial charge in [-0.25, -0.2) is 8.78 Å². The minimum atomic E-state index is -2.25. The fourth-order valence-electron chi connectivity index (χ4n) is 1.29. The topological polar surface area (TPSA) is 12.0 Å². The first-order valence-electron chi connectivity index (χ1n) is 4.08. The van der Waals surface area contributed by atoms with E-state index in [0.717, 1.165) is 12.8 Å². The third kappa shape index (κ3) is 3.65. The largest absolute Gasteiger partial charge is 0.312 e. The summed E-state index contributed by atoms with van der Waals surface area (Å²) < 4.78 is 24.4. The maximum atomic E-state index is 12.2.